The summed E-state index contributed by atoms with van der Waals surface area (Å²) in [5.41, 5.74) is 3.22. The lowest BCUT2D eigenvalue weighted by Gasteiger charge is -2.41. The fourth-order valence-electron chi connectivity index (χ4n) is 5.03. The van der Waals surface area contributed by atoms with Gasteiger partial charge < -0.3 is 14.7 Å². The molecule has 1 fully saturated rings. The number of hydrogen-bond donors (Lipinski definition) is 1. The van der Waals surface area contributed by atoms with Crippen LogP contribution in [-0.2, 0) is 27.7 Å². The van der Waals surface area contributed by atoms with Gasteiger partial charge in [-0.2, -0.15) is 4.37 Å². The number of aryl methyl sites for hydroxylation is 2. The zero-order valence-corrected chi connectivity index (χ0v) is 23.8. The Morgan fingerprint density at radius 2 is 1.87 bits per heavy atom. The van der Waals surface area contributed by atoms with Crippen molar-refractivity contribution in [2.75, 3.05) is 47.2 Å². The number of amides is 1. The Morgan fingerprint density at radius 1 is 1.13 bits per heavy atom. The quantitative estimate of drug-likeness (QED) is 0.439. The summed E-state index contributed by atoms with van der Waals surface area (Å²) < 4.78 is 32.1. The molecular weight excluding hydrogens is 544 g/mol. The minimum atomic E-state index is -3.75. The topological polar surface area (TPSA) is 98.7 Å². The summed E-state index contributed by atoms with van der Waals surface area (Å²) in [6.07, 6.45) is 2.62. The van der Waals surface area contributed by atoms with Crippen molar-refractivity contribution in [2.45, 2.75) is 44.0 Å². The predicted octanol–water partition coefficient (Wildman–Crippen LogP) is 4.54. The van der Waals surface area contributed by atoms with Crippen LogP contribution < -0.4 is 14.5 Å². The maximum atomic E-state index is 13.4. The van der Waals surface area contributed by atoms with Gasteiger partial charge >= 0.3 is 0 Å². The number of hydrogen-bond acceptors (Lipinski definition) is 8. The van der Waals surface area contributed by atoms with Gasteiger partial charge in [-0.25, -0.2) is 13.4 Å². The largest absolute Gasteiger partial charge is 0.368 e. The summed E-state index contributed by atoms with van der Waals surface area (Å²) >= 11 is 7.22. The number of nitrogens with one attached hydrogen (secondary N) is 1. The molecule has 2 aliphatic rings. The molecule has 0 unspecified atom stereocenters. The highest BCUT2D eigenvalue weighted by molar-refractivity contribution is 7.93. The number of fused-ring (bicyclic) bond motifs is 1. The molecule has 0 spiro atoms. The highest BCUT2D eigenvalue weighted by Crippen LogP contribution is 2.31. The molecule has 38 heavy (non-hydrogen) atoms. The molecule has 1 saturated heterocycles. The van der Waals surface area contributed by atoms with E-state index < -0.39 is 10.0 Å². The first-order chi connectivity index (χ1) is 18.2. The van der Waals surface area contributed by atoms with Crippen molar-refractivity contribution in [1.29, 1.82) is 0 Å². The van der Waals surface area contributed by atoms with Gasteiger partial charge in [0.2, 0.25) is 11.0 Å². The third-order valence-corrected chi connectivity index (χ3v) is 9.52. The van der Waals surface area contributed by atoms with Crippen molar-refractivity contribution in [1.82, 2.24) is 14.3 Å². The lowest BCUT2D eigenvalue weighted by Crippen LogP contribution is -2.55. The van der Waals surface area contributed by atoms with E-state index in [0.717, 1.165) is 47.3 Å². The number of anilines is 3. The summed E-state index contributed by atoms with van der Waals surface area (Å²) in [5.74, 6) is 0.739. The number of halogens is 1. The first kappa shape index (κ1) is 26.7. The fraction of sp³-hybridized carbons (Fsp3) is 0.423. The molecule has 0 saturated carbocycles. The third kappa shape index (κ3) is 5.60. The zero-order valence-electron chi connectivity index (χ0n) is 21.4. The van der Waals surface area contributed by atoms with E-state index in [-0.39, 0.29) is 24.8 Å². The maximum Gasteiger partial charge on any atom is 0.263 e. The molecule has 3 aromatic rings. The van der Waals surface area contributed by atoms with Crippen molar-refractivity contribution < 1.29 is 16.1 Å². The Kier molecular flexibility index (Phi) is 7.78. The molecule has 3 heterocycles. The number of carbonyl (C=O) groups excluding carboxylic acids is 1. The van der Waals surface area contributed by atoms with E-state index in [2.05, 4.69) is 23.9 Å². The van der Waals surface area contributed by atoms with Gasteiger partial charge in [-0.1, -0.05) is 18.5 Å². The molecule has 1 atom stereocenters. The Hall–Kier alpha value is -2.89. The van der Waals surface area contributed by atoms with Gasteiger partial charge in [0.15, 0.2) is 0 Å². The number of nitrogens with zero attached hydrogens (tertiary/aromatic N) is 5. The number of aromatic nitrogens is 2. The van der Waals surface area contributed by atoms with Gasteiger partial charge in [0.1, 0.15) is 11.9 Å². The number of carbonyl (C=O) groups is 1. The van der Waals surface area contributed by atoms with Crippen LogP contribution in [0.15, 0.2) is 47.4 Å². The normalized spacial score (nSPS) is 16.8. The highest BCUT2D eigenvalue weighted by Gasteiger charge is 2.31. The molecule has 1 N–H and O–H groups in total. The minimum Gasteiger partial charge on any atom is -0.368 e. The second-order valence-corrected chi connectivity index (χ2v) is 12.4. The summed E-state index contributed by atoms with van der Waals surface area (Å²) in [6, 6.07) is 12.5. The first-order valence-electron chi connectivity index (χ1n) is 12.8. The van der Waals surface area contributed by atoms with E-state index in [0.29, 0.717) is 38.4 Å². The molecule has 0 radical (unpaired) electrons. The van der Waals surface area contributed by atoms with Gasteiger partial charge in [0.25, 0.3) is 10.0 Å². The molecule has 9 nitrogen and oxygen atoms in total. The number of piperazine rings is 1. The van der Waals surface area contributed by atoms with Crippen LogP contribution in [0.5, 0.6) is 0 Å². The lowest BCUT2D eigenvalue weighted by molar-refractivity contribution is -0.132. The predicted molar refractivity (Wildman–Crippen MR) is 156 cm³/mol. The molecule has 5 rings (SSSR count). The van der Waals surface area contributed by atoms with Crippen LogP contribution in [0.4, 0.5) is 16.5 Å². The summed E-state index contributed by atoms with van der Waals surface area (Å²) in [4.78, 5) is 24.0. The van der Waals surface area contributed by atoms with Gasteiger partial charge in [-0.05, 0) is 67.8 Å². The summed E-state index contributed by atoms with van der Waals surface area (Å²) in [7, 11) is -3.75. The Bertz CT molecular complexity index is 1420. The number of sulfonamides is 1. The number of benzene rings is 2. The molecule has 2 aromatic carbocycles. The van der Waals surface area contributed by atoms with Crippen LogP contribution in [-0.4, -0.2) is 67.3 Å². The van der Waals surface area contributed by atoms with Crippen molar-refractivity contribution in [3.05, 3.63) is 58.9 Å². The molecule has 1 amide bonds. The van der Waals surface area contributed by atoms with Crippen molar-refractivity contribution in [3.8, 4) is 0 Å². The van der Waals surface area contributed by atoms with Crippen molar-refractivity contribution in [3.63, 3.8) is 0 Å². The van der Waals surface area contributed by atoms with Crippen LogP contribution >= 0.6 is 23.1 Å². The van der Waals surface area contributed by atoms with E-state index in [1.165, 1.54) is 5.56 Å². The monoisotopic (exact) mass is 578 g/mol. The van der Waals surface area contributed by atoms with E-state index in [1.807, 2.05) is 49.1 Å². The summed E-state index contributed by atoms with van der Waals surface area (Å²) in [6.45, 7) is 7.34. The number of rotatable bonds is 7. The highest BCUT2D eigenvalue weighted by atomic mass is 35.5. The maximum absolute atomic E-state index is 13.4. The molecule has 12 heteroatoms. The van der Waals surface area contributed by atoms with E-state index >= 15 is 0 Å². The third-order valence-electron chi connectivity index (χ3n) is 7.13. The first-order valence-corrected chi connectivity index (χ1v) is 15.4. The smallest absolute Gasteiger partial charge is 0.263 e. The molecule has 2 aliphatic heterocycles. The molecule has 0 aliphatic carbocycles. The second-order valence-electron chi connectivity index (χ2n) is 9.53. The van der Waals surface area contributed by atoms with Crippen LogP contribution in [0, 0.1) is 0 Å². The average Bonchev–Trinajstić information content (AvgIpc) is 3.38. The van der Waals surface area contributed by atoms with Crippen LogP contribution in [0.1, 0.15) is 34.5 Å². The average molecular weight is 579 g/mol. The van der Waals surface area contributed by atoms with Crippen LogP contribution in [0.2, 0.25) is 5.02 Å². The SMILES string of the molecule is CCc1nsc(NS(=O)(=O)c2ccc(N3CCN(C(=O)[C@@H](C)N4CCCc5cc(Cl)ccc54)CC3)cc2)n1.[HH].[HH]. The van der Waals surface area contributed by atoms with Crippen molar-refractivity contribution >= 4 is 55.6 Å². The molecular formula is C26H35ClN6O3S2. The molecule has 206 valence electrons. The van der Waals surface area contributed by atoms with Crippen molar-refractivity contribution in [2.24, 2.45) is 0 Å². The van der Waals surface area contributed by atoms with Crippen LogP contribution in [0.25, 0.3) is 0 Å². The molecule has 1 aromatic heterocycles. The van der Waals surface area contributed by atoms with E-state index in [4.69, 9.17) is 11.6 Å². The van der Waals surface area contributed by atoms with Gasteiger partial charge in [-0.3, -0.25) is 9.52 Å². The summed E-state index contributed by atoms with van der Waals surface area (Å²) in [5, 5.41) is 0.989. The van der Waals surface area contributed by atoms with Gasteiger partial charge in [-0.15, -0.1) is 0 Å². The van der Waals surface area contributed by atoms with E-state index in [9.17, 15) is 13.2 Å². The Morgan fingerprint density at radius 3 is 2.55 bits per heavy atom. The fourth-order valence-corrected chi connectivity index (χ4v) is 7.10. The van der Waals surface area contributed by atoms with Gasteiger partial charge in [0.05, 0.1) is 4.90 Å². The molecule has 0 bridgehead atoms. The van der Waals surface area contributed by atoms with Gasteiger partial charge in [0, 0.05) is 69.9 Å². The second kappa shape index (κ2) is 11.1. The zero-order chi connectivity index (χ0) is 26.9. The van der Waals surface area contributed by atoms with Crippen LogP contribution in [0.3, 0.4) is 0 Å². The Labute approximate surface area is 235 Å². The Balaban J connectivity index is 0.00000220. The van der Waals surface area contributed by atoms with E-state index in [1.54, 1.807) is 12.1 Å². The standard InChI is InChI=1S/C26H31ClN6O3S2.2H2/c1-3-24-28-26(37-29-24)30-38(35,36)22-9-7-21(8-10-22)31-13-15-32(16-14-31)25(34)18(2)33-12-4-5-19-17-20(27)6-11-23(19)33;;/h6-11,17-18H,3-5,12-16H2,1-2H3,(H,28,29,30);2*1H/t18-;;/m1../s1. The minimum absolute atomic E-state index is 0. The lowest BCUT2D eigenvalue weighted by atomic mass is 10.00.